The van der Waals surface area contributed by atoms with E-state index in [0.29, 0.717) is 26.1 Å². The third-order valence-corrected chi connectivity index (χ3v) is 6.74. The van der Waals surface area contributed by atoms with Crippen LogP contribution in [0.3, 0.4) is 0 Å². The lowest BCUT2D eigenvalue weighted by Gasteiger charge is -2.28. The van der Waals surface area contributed by atoms with Crippen molar-refractivity contribution < 1.29 is 13.2 Å². The maximum Gasteiger partial charge on any atom is 0.319 e. The van der Waals surface area contributed by atoms with Gasteiger partial charge in [0.25, 0.3) is 0 Å². The van der Waals surface area contributed by atoms with E-state index in [-0.39, 0.29) is 6.03 Å². The van der Waals surface area contributed by atoms with Crippen LogP contribution in [0, 0.1) is 0 Å². The van der Waals surface area contributed by atoms with Crippen molar-refractivity contribution >= 4 is 32.6 Å². The number of amides is 2. The van der Waals surface area contributed by atoms with Crippen molar-refractivity contribution in [2.24, 2.45) is 0 Å². The van der Waals surface area contributed by atoms with Gasteiger partial charge in [-0.15, -0.1) is 0 Å². The van der Waals surface area contributed by atoms with Gasteiger partial charge in [-0.2, -0.15) is 4.31 Å². The molecular weight excluding hydrogens is 400 g/mol. The summed E-state index contributed by atoms with van der Waals surface area (Å²) in [7, 11) is -3.22. The lowest BCUT2D eigenvalue weighted by Crippen LogP contribution is -2.36. The number of carbonyl (C=O) groups excluding carboxylic acids is 1. The van der Waals surface area contributed by atoms with Crippen LogP contribution in [-0.4, -0.2) is 42.7 Å². The first-order valence-corrected chi connectivity index (χ1v) is 11.9. The highest BCUT2D eigenvalue weighted by molar-refractivity contribution is 7.88. The van der Waals surface area contributed by atoms with Gasteiger partial charge in [-0.05, 0) is 47.6 Å². The van der Waals surface area contributed by atoms with E-state index in [1.165, 1.54) is 21.5 Å². The van der Waals surface area contributed by atoms with Gasteiger partial charge in [-0.25, -0.2) is 13.2 Å². The minimum Gasteiger partial charge on any atom is -0.347 e. The molecular formula is C22H26N4O3S. The summed E-state index contributed by atoms with van der Waals surface area (Å²) >= 11 is 0. The number of aryl methyl sites for hydroxylation is 1. The molecule has 0 bridgehead atoms. The number of aromatic nitrogens is 1. The van der Waals surface area contributed by atoms with Gasteiger partial charge >= 0.3 is 6.03 Å². The fourth-order valence-electron chi connectivity index (χ4n) is 3.94. The number of nitrogens with zero attached hydrogens (tertiary/aromatic N) is 2. The fourth-order valence-corrected chi connectivity index (χ4v) is 4.73. The van der Waals surface area contributed by atoms with Crippen LogP contribution in [0.2, 0.25) is 0 Å². The number of sulfonamides is 1. The highest BCUT2D eigenvalue weighted by Gasteiger charge is 2.24. The molecule has 4 rings (SSSR count). The maximum atomic E-state index is 12.4. The van der Waals surface area contributed by atoms with Crippen LogP contribution in [0.1, 0.15) is 17.5 Å². The molecule has 3 aromatic rings. The van der Waals surface area contributed by atoms with Gasteiger partial charge in [-0.3, -0.25) is 0 Å². The minimum atomic E-state index is -3.22. The minimum absolute atomic E-state index is 0.244. The number of rotatable bonds is 6. The Morgan fingerprint density at radius 3 is 2.77 bits per heavy atom. The number of benzene rings is 2. The summed E-state index contributed by atoms with van der Waals surface area (Å²) in [6, 6.07) is 15.7. The van der Waals surface area contributed by atoms with Gasteiger partial charge in [0.2, 0.25) is 10.0 Å². The van der Waals surface area contributed by atoms with Gasteiger partial charge in [0, 0.05) is 43.6 Å². The second-order valence-corrected chi connectivity index (χ2v) is 9.57. The van der Waals surface area contributed by atoms with Crippen molar-refractivity contribution in [1.82, 2.24) is 14.2 Å². The Hall–Kier alpha value is -2.84. The van der Waals surface area contributed by atoms with Crippen molar-refractivity contribution in [3.05, 3.63) is 65.9 Å². The number of anilines is 1. The first kappa shape index (κ1) is 20.4. The number of fused-ring (bicyclic) bond motifs is 2. The van der Waals surface area contributed by atoms with E-state index in [2.05, 4.69) is 39.6 Å². The molecule has 0 saturated carbocycles. The molecule has 7 nitrogen and oxygen atoms in total. The van der Waals surface area contributed by atoms with E-state index in [1.54, 1.807) is 0 Å². The van der Waals surface area contributed by atoms with Crippen LogP contribution in [0.5, 0.6) is 0 Å². The SMILES string of the molecule is CS(=O)(=O)N1CCc2c(cccc2NC(=O)NCCCn2ccc3ccccc32)C1. The zero-order chi connectivity index (χ0) is 21.1. The van der Waals surface area contributed by atoms with Gasteiger partial charge in [0.1, 0.15) is 0 Å². The molecule has 1 aliphatic rings. The third-order valence-electron chi connectivity index (χ3n) is 5.49. The molecule has 0 fully saturated rings. The van der Waals surface area contributed by atoms with E-state index in [9.17, 15) is 13.2 Å². The predicted octanol–water partition coefficient (Wildman–Crippen LogP) is 3.17. The Bertz CT molecular complexity index is 1170. The number of urea groups is 1. The quantitative estimate of drug-likeness (QED) is 0.594. The highest BCUT2D eigenvalue weighted by Crippen LogP contribution is 2.27. The Balaban J connectivity index is 1.31. The number of hydrogen-bond donors (Lipinski definition) is 2. The number of carbonyl (C=O) groups is 1. The van der Waals surface area contributed by atoms with Crippen molar-refractivity contribution in [2.75, 3.05) is 24.7 Å². The molecule has 158 valence electrons. The average molecular weight is 427 g/mol. The van der Waals surface area contributed by atoms with Crippen LogP contribution >= 0.6 is 0 Å². The predicted molar refractivity (Wildman–Crippen MR) is 119 cm³/mol. The molecule has 0 saturated heterocycles. The lowest BCUT2D eigenvalue weighted by molar-refractivity contribution is 0.251. The molecule has 1 aromatic heterocycles. The van der Waals surface area contributed by atoms with Gasteiger partial charge < -0.3 is 15.2 Å². The Labute approximate surface area is 176 Å². The zero-order valence-corrected chi connectivity index (χ0v) is 17.8. The fraction of sp³-hybridized carbons (Fsp3) is 0.318. The smallest absolute Gasteiger partial charge is 0.319 e. The Morgan fingerprint density at radius 2 is 1.93 bits per heavy atom. The summed E-state index contributed by atoms with van der Waals surface area (Å²) in [6.45, 7) is 2.16. The molecule has 8 heteroatoms. The Morgan fingerprint density at radius 1 is 1.10 bits per heavy atom. The first-order valence-electron chi connectivity index (χ1n) is 10.1. The largest absolute Gasteiger partial charge is 0.347 e. The molecule has 0 atom stereocenters. The summed E-state index contributed by atoms with van der Waals surface area (Å²) < 4.78 is 27.3. The molecule has 2 amide bonds. The van der Waals surface area contributed by atoms with Crippen LogP contribution in [-0.2, 0) is 29.5 Å². The third kappa shape index (κ3) is 4.49. The van der Waals surface area contributed by atoms with Crippen molar-refractivity contribution in [3.63, 3.8) is 0 Å². The van der Waals surface area contributed by atoms with E-state index in [1.807, 2.05) is 30.3 Å². The van der Waals surface area contributed by atoms with E-state index < -0.39 is 10.0 Å². The molecule has 2 heterocycles. The van der Waals surface area contributed by atoms with Crippen LogP contribution < -0.4 is 10.6 Å². The zero-order valence-electron chi connectivity index (χ0n) is 17.0. The normalized spacial score (nSPS) is 14.4. The standard InChI is InChI=1S/C22H26N4O3S/c1-30(28,29)26-15-11-19-18(16-26)7-4-8-20(19)24-22(27)23-12-5-13-25-14-10-17-6-2-3-9-21(17)25/h2-4,6-10,14H,5,11-13,15-16H2,1H3,(H2,23,24,27). The van der Waals surface area contributed by atoms with Crippen molar-refractivity contribution in [2.45, 2.75) is 25.9 Å². The molecule has 0 aliphatic carbocycles. The first-order chi connectivity index (χ1) is 14.4. The molecule has 0 unspecified atom stereocenters. The molecule has 2 N–H and O–H groups in total. The van der Waals surface area contributed by atoms with Gasteiger partial charge in [-0.1, -0.05) is 30.3 Å². The summed E-state index contributed by atoms with van der Waals surface area (Å²) in [5, 5.41) is 7.05. The summed E-state index contributed by atoms with van der Waals surface area (Å²) in [5.41, 5.74) is 3.88. The molecule has 2 aromatic carbocycles. The Kier molecular flexibility index (Phi) is 5.78. The molecule has 30 heavy (non-hydrogen) atoms. The number of nitrogens with one attached hydrogen (secondary N) is 2. The summed E-state index contributed by atoms with van der Waals surface area (Å²) in [4.78, 5) is 12.4. The lowest BCUT2D eigenvalue weighted by atomic mass is 9.99. The molecule has 0 radical (unpaired) electrons. The monoisotopic (exact) mass is 426 g/mol. The second kappa shape index (κ2) is 8.49. The van der Waals surface area contributed by atoms with Gasteiger partial charge in [0.15, 0.2) is 0 Å². The highest BCUT2D eigenvalue weighted by atomic mass is 32.2. The molecule has 0 spiro atoms. The maximum absolute atomic E-state index is 12.4. The molecule has 1 aliphatic heterocycles. The van der Waals surface area contributed by atoms with Crippen LogP contribution in [0.25, 0.3) is 10.9 Å². The van der Waals surface area contributed by atoms with Crippen LogP contribution in [0.4, 0.5) is 10.5 Å². The van der Waals surface area contributed by atoms with E-state index in [4.69, 9.17) is 0 Å². The number of hydrogen-bond acceptors (Lipinski definition) is 3. The number of para-hydroxylation sites is 1. The van der Waals surface area contributed by atoms with E-state index in [0.717, 1.165) is 29.8 Å². The van der Waals surface area contributed by atoms with Crippen molar-refractivity contribution in [1.29, 1.82) is 0 Å². The van der Waals surface area contributed by atoms with Crippen LogP contribution in [0.15, 0.2) is 54.7 Å². The van der Waals surface area contributed by atoms with Crippen molar-refractivity contribution in [3.8, 4) is 0 Å². The average Bonchev–Trinajstić information content (AvgIpc) is 3.13. The second-order valence-electron chi connectivity index (χ2n) is 7.59. The summed E-state index contributed by atoms with van der Waals surface area (Å²) in [6.07, 6.45) is 4.70. The topological polar surface area (TPSA) is 83.4 Å². The summed E-state index contributed by atoms with van der Waals surface area (Å²) in [5.74, 6) is 0. The van der Waals surface area contributed by atoms with E-state index >= 15 is 0 Å². The van der Waals surface area contributed by atoms with Gasteiger partial charge in [0.05, 0.1) is 6.26 Å².